The normalized spacial score (nSPS) is 25.1. The van der Waals surface area contributed by atoms with Crippen LogP contribution in [0.1, 0.15) is 11.8 Å². The molecule has 0 radical (unpaired) electrons. The molecule has 4 rings (SSSR count). The number of rotatable bonds is 6. The summed E-state index contributed by atoms with van der Waals surface area (Å²) in [7, 11) is 1.49. The quantitative estimate of drug-likeness (QED) is 0.580. The van der Waals surface area contributed by atoms with Crippen LogP contribution in [0.2, 0.25) is 0 Å². The number of hydrogen-bond donors (Lipinski definition) is 3. The Morgan fingerprint density at radius 1 is 1.22 bits per heavy atom. The third-order valence-corrected chi connectivity index (χ3v) is 4.70. The molecule has 27 heavy (non-hydrogen) atoms. The van der Waals surface area contributed by atoms with E-state index in [1.54, 1.807) is 10.9 Å². The molecule has 3 aromatic rings. The fourth-order valence-corrected chi connectivity index (χ4v) is 3.30. The molecule has 0 saturated carbocycles. The zero-order chi connectivity index (χ0) is 18.8. The zero-order valence-electron chi connectivity index (χ0n) is 14.8. The van der Waals surface area contributed by atoms with Gasteiger partial charge in [-0.3, -0.25) is 4.57 Å². The van der Waals surface area contributed by atoms with Crippen LogP contribution in [0.25, 0.3) is 11.2 Å². The molecule has 1 aliphatic heterocycles. The number of ether oxygens (including phenoxy) is 2. The van der Waals surface area contributed by atoms with Crippen LogP contribution in [0.3, 0.4) is 0 Å². The van der Waals surface area contributed by atoms with E-state index >= 15 is 0 Å². The van der Waals surface area contributed by atoms with Crippen molar-refractivity contribution in [2.75, 3.05) is 19.0 Å². The predicted octanol–water partition coefficient (Wildman–Crippen LogP) is 0.704. The number of hydrogen-bond acceptors (Lipinski definition) is 8. The Morgan fingerprint density at radius 2 is 2.04 bits per heavy atom. The Balaban J connectivity index is 1.62. The molecule has 3 N–H and O–H groups in total. The highest BCUT2D eigenvalue weighted by Crippen LogP contribution is 2.33. The number of aromatic nitrogens is 4. The van der Waals surface area contributed by atoms with E-state index in [-0.39, 0.29) is 6.61 Å². The highest BCUT2D eigenvalue weighted by atomic mass is 16.6. The molecule has 142 valence electrons. The number of anilines is 1. The minimum absolute atomic E-state index is 0.303. The number of fused-ring (bicyclic) bond motifs is 1. The molecule has 1 aromatic carbocycles. The summed E-state index contributed by atoms with van der Waals surface area (Å²) in [6.45, 7) is 0.300. The Labute approximate surface area is 155 Å². The van der Waals surface area contributed by atoms with Gasteiger partial charge in [0.05, 0.1) is 12.9 Å². The third kappa shape index (κ3) is 3.26. The minimum Gasteiger partial charge on any atom is -0.394 e. The van der Waals surface area contributed by atoms with Crippen LogP contribution in [0.5, 0.6) is 0 Å². The monoisotopic (exact) mass is 371 g/mol. The smallest absolute Gasteiger partial charge is 0.167 e. The first kappa shape index (κ1) is 17.8. The molecule has 0 amide bonds. The molecule has 2 aromatic heterocycles. The molecule has 1 aliphatic rings. The summed E-state index contributed by atoms with van der Waals surface area (Å²) in [5, 5.41) is 22.9. The third-order valence-electron chi connectivity index (χ3n) is 4.70. The second-order valence-corrected chi connectivity index (χ2v) is 6.32. The lowest BCUT2D eigenvalue weighted by Crippen LogP contribution is -2.34. The molecule has 4 atom stereocenters. The van der Waals surface area contributed by atoms with Crippen LogP contribution in [-0.4, -0.2) is 61.8 Å². The summed E-state index contributed by atoms with van der Waals surface area (Å²) in [5.41, 5.74) is 2.27. The van der Waals surface area contributed by atoms with Crippen LogP contribution in [-0.2, 0) is 16.0 Å². The number of nitrogens with zero attached hydrogens (tertiary/aromatic N) is 4. The minimum atomic E-state index is -0.944. The van der Waals surface area contributed by atoms with E-state index in [1.165, 1.54) is 13.4 Å². The number of aliphatic hydroxyl groups is 2. The molecular weight excluding hydrogens is 350 g/mol. The van der Waals surface area contributed by atoms with Gasteiger partial charge in [-0.25, -0.2) is 15.0 Å². The Bertz CT molecular complexity index is 903. The van der Waals surface area contributed by atoms with Crippen LogP contribution in [0.4, 0.5) is 5.82 Å². The molecule has 9 heteroatoms. The Hall–Kier alpha value is -2.59. The van der Waals surface area contributed by atoms with Crippen molar-refractivity contribution in [2.24, 2.45) is 0 Å². The molecule has 0 bridgehead atoms. The molecule has 1 fully saturated rings. The van der Waals surface area contributed by atoms with E-state index in [4.69, 9.17) is 9.47 Å². The topological polar surface area (TPSA) is 115 Å². The highest BCUT2D eigenvalue weighted by molar-refractivity contribution is 5.82. The van der Waals surface area contributed by atoms with Crippen molar-refractivity contribution in [2.45, 2.75) is 31.1 Å². The van der Waals surface area contributed by atoms with Crippen LogP contribution in [0.15, 0.2) is 43.0 Å². The summed E-state index contributed by atoms with van der Waals surface area (Å²) < 4.78 is 12.8. The van der Waals surface area contributed by atoms with Gasteiger partial charge in [0, 0.05) is 13.7 Å². The van der Waals surface area contributed by atoms with Crippen molar-refractivity contribution in [3.63, 3.8) is 0 Å². The van der Waals surface area contributed by atoms with Gasteiger partial charge in [-0.05, 0) is 5.56 Å². The molecule has 0 spiro atoms. The average Bonchev–Trinajstić information content (AvgIpc) is 3.27. The largest absolute Gasteiger partial charge is 0.394 e. The van der Waals surface area contributed by atoms with Crippen LogP contribution in [0, 0.1) is 0 Å². The average molecular weight is 371 g/mol. The van der Waals surface area contributed by atoms with Crippen molar-refractivity contribution in [3.8, 4) is 0 Å². The van der Waals surface area contributed by atoms with Gasteiger partial charge in [-0.1, -0.05) is 30.3 Å². The molecule has 2 unspecified atom stereocenters. The van der Waals surface area contributed by atoms with Gasteiger partial charge in [0.25, 0.3) is 0 Å². The number of aliphatic hydroxyl groups excluding tert-OH is 2. The lowest BCUT2D eigenvalue weighted by Gasteiger charge is -2.19. The zero-order valence-corrected chi connectivity index (χ0v) is 14.8. The molecule has 3 heterocycles. The lowest BCUT2D eigenvalue weighted by molar-refractivity contribution is -0.0583. The van der Waals surface area contributed by atoms with E-state index < -0.39 is 24.5 Å². The van der Waals surface area contributed by atoms with E-state index in [9.17, 15) is 10.2 Å². The first-order valence-electron chi connectivity index (χ1n) is 8.65. The highest BCUT2D eigenvalue weighted by Gasteiger charge is 2.45. The van der Waals surface area contributed by atoms with Gasteiger partial charge in [0.2, 0.25) is 0 Å². The summed E-state index contributed by atoms with van der Waals surface area (Å²) in [4.78, 5) is 13.0. The molecular formula is C18H21N5O4. The van der Waals surface area contributed by atoms with Crippen LogP contribution >= 0.6 is 0 Å². The van der Waals surface area contributed by atoms with Gasteiger partial charge in [0.1, 0.15) is 24.6 Å². The van der Waals surface area contributed by atoms with Crippen molar-refractivity contribution >= 4 is 17.0 Å². The number of imidazole rings is 1. The van der Waals surface area contributed by atoms with Gasteiger partial charge in [-0.2, -0.15) is 0 Å². The summed E-state index contributed by atoms with van der Waals surface area (Å²) >= 11 is 0. The number of benzene rings is 1. The lowest BCUT2D eigenvalue weighted by atomic mass is 10.1. The SMILES string of the molecule is COC1C(O)[C@@H](CO)O[C@H]1n1cnc2c(NCc3ccccc3)ncnc21. The van der Waals surface area contributed by atoms with Crippen molar-refractivity contribution < 1.29 is 19.7 Å². The predicted molar refractivity (Wildman–Crippen MR) is 96.9 cm³/mol. The fourth-order valence-electron chi connectivity index (χ4n) is 3.30. The van der Waals surface area contributed by atoms with Gasteiger partial charge < -0.3 is 25.0 Å². The Kier molecular flexibility index (Phi) is 4.99. The van der Waals surface area contributed by atoms with Crippen molar-refractivity contribution in [1.82, 2.24) is 19.5 Å². The van der Waals surface area contributed by atoms with Crippen molar-refractivity contribution in [3.05, 3.63) is 48.5 Å². The first-order chi connectivity index (χ1) is 13.2. The maximum absolute atomic E-state index is 10.3. The van der Waals surface area contributed by atoms with Crippen LogP contribution < -0.4 is 5.32 Å². The maximum Gasteiger partial charge on any atom is 0.167 e. The summed E-state index contributed by atoms with van der Waals surface area (Å²) in [5.74, 6) is 0.605. The summed E-state index contributed by atoms with van der Waals surface area (Å²) in [6, 6.07) is 9.97. The fraction of sp³-hybridized carbons (Fsp3) is 0.389. The second-order valence-electron chi connectivity index (χ2n) is 6.32. The molecule has 9 nitrogen and oxygen atoms in total. The second kappa shape index (κ2) is 7.57. The summed E-state index contributed by atoms with van der Waals surface area (Å²) in [6.07, 6.45) is 0.0648. The van der Waals surface area contributed by atoms with Gasteiger partial charge in [0.15, 0.2) is 23.2 Å². The Morgan fingerprint density at radius 3 is 2.78 bits per heavy atom. The van der Waals surface area contributed by atoms with E-state index in [2.05, 4.69) is 20.3 Å². The first-order valence-corrected chi connectivity index (χ1v) is 8.65. The molecule has 0 aliphatic carbocycles. The van der Waals surface area contributed by atoms with Gasteiger partial charge in [-0.15, -0.1) is 0 Å². The van der Waals surface area contributed by atoms with E-state index in [0.717, 1.165) is 5.56 Å². The maximum atomic E-state index is 10.3. The standard InChI is InChI=1S/C18H21N5O4/c1-26-15-14(25)12(8-24)27-18(15)23-10-22-13-16(20-9-21-17(13)23)19-7-11-5-3-2-4-6-11/h2-6,9-10,12,14-15,18,24-25H,7-8H2,1H3,(H,19,20,21)/t12-,14?,15?,18-/m1/s1. The number of methoxy groups -OCH3 is 1. The van der Waals surface area contributed by atoms with Gasteiger partial charge >= 0.3 is 0 Å². The van der Waals surface area contributed by atoms with Crippen molar-refractivity contribution in [1.29, 1.82) is 0 Å². The molecule has 1 saturated heterocycles. The van der Waals surface area contributed by atoms with E-state index in [1.807, 2.05) is 30.3 Å². The number of nitrogens with one attached hydrogen (secondary N) is 1. The van der Waals surface area contributed by atoms with E-state index in [0.29, 0.717) is 23.5 Å².